The summed E-state index contributed by atoms with van der Waals surface area (Å²) in [6.07, 6.45) is 5.48. The maximum atomic E-state index is 13.0. The molecule has 0 unspecified atom stereocenters. The highest BCUT2D eigenvalue weighted by atomic mass is 32.1. The van der Waals surface area contributed by atoms with Gasteiger partial charge in [-0.2, -0.15) is 0 Å². The Morgan fingerprint density at radius 3 is 2.75 bits per heavy atom. The van der Waals surface area contributed by atoms with Crippen LogP contribution in [0.15, 0.2) is 23.3 Å². The van der Waals surface area contributed by atoms with E-state index in [2.05, 4.69) is 19.9 Å². The van der Waals surface area contributed by atoms with E-state index in [1.807, 2.05) is 4.90 Å². The number of hydrogen-bond donors (Lipinski definition) is 0. The van der Waals surface area contributed by atoms with Crippen molar-refractivity contribution in [3.8, 4) is 0 Å². The summed E-state index contributed by atoms with van der Waals surface area (Å²) in [5.41, 5.74) is 2.30. The fraction of sp³-hybridized carbons (Fsp3) is 0.500. The number of nitrogens with zero attached hydrogens (tertiary/aromatic N) is 5. The number of carbonyl (C=O) groups excluding carboxylic acids is 1. The van der Waals surface area contributed by atoms with Crippen molar-refractivity contribution in [3.63, 3.8) is 0 Å². The van der Waals surface area contributed by atoms with Gasteiger partial charge >= 0.3 is 0 Å². The van der Waals surface area contributed by atoms with Gasteiger partial charge in [-0.15, -0.1) is 11.3 Å². The van der Waals surface area contributed by atoms with Gasteiger partial charge in [-0.3, -0.25) is 4.79 Å². The highest BCUT2D eigenvalue weighted by Gasteiger charge is 2.43. The van der Waals surface area contributed by atoms with Gasteiger partial charge in [-0.05, 0) is 19.3 Å². The van der Waals surface area contributed by atoms with Gasteiger partial charge in [0.05, 0.1) is 17.9 Å². The molecule has 4 rings (SSSR count). The summed E-state index contributed by atoms with van der Waals surface area (Å²) in [5.74, 6) is 0.161. The summed E-state index contributed by atoms with van der Waals surface area (Å²) in [5, 5.41) is 1.80. The van der Waals surface area contributed by atoms with E-state index < -0.39 is 5.82 Å². The van der Waals surface area contributed by atoms with Crippen LogP contribution < -0.4 is 4.90 Å². The van der Waals surface area contributed by atoms with Crippen molar-refractivity contribution < 1.29 is 9.18 Å². The SMILES string of the molecule is O=C(c1cscn1)N1CCC[C@]2(CCN(c3ncc(F)cn3)C2)C1. The second kappa shape index (κ2) is 6.08. The van der Waals surface area contributed by atoms with Crippen LogP contribution in [0.2, 0.25) is 0 Å². The number of likely N-dealkylation sites (tertiary alicyclic amines) is 1. The lowest BCUT2D eigenvalue weighted by Crippen LogP contribution is -2.47. The highest BCUT2D eigenvalue weighted by molar-refractivity contribution is 7.07. The molecule has 6 nitrogen and oxygen atoms in total. The number of hydrogen-bond acceptors (Lipinski definition) is 6. The van der Waals surface area contributed by atoms with Gasteiger partial charge in [0, 0.05) is 37.0 Å². The first-order valence-corrected chi connectivity index (χ1v) is 9.00. The molecule has 2 fully saturated rings. The standard InChI is InChI=1S/C16H18FN5OS/c17-12-6-18-15(19-7-12)22-5-3-16(10-22)2-1-4-21(9-16)14(23)13-8-24-11-20-13/h6-8,11H,1-5,9-10H2/t16-/m0/s1. The molecule has 1 amide bonds. The van der Waals surface area contributed by atoms with Gasteiger partial charge in [0.25, 0.3) is 5.91 Å². The van der Waals surface area contributed by atoms with Crippen LogP contribution in [0.3, 0.4) is 0 Å². The number of thiazole rings is 1. The van der Waals surface area contributed by atoms with Crippen molar-refractivity contribution >= 4 is 23.2 Å². The molecule has 2 aromatic heterocycles. The molecule has 2 saturated heterocycles. The van der Waals surface area contributed by atoms with E-state index in [9.17, 15) is 9.18 Å². The van der Waals surface area contributed by atoms with Crippen LogP contribution >= 0.6 is 11.3 Å². The normalized spacial score (nSPS) is 23.9. The predicted molar refractivity (Wildman–Crippen MR) is 88.5 cm³/mol. The van der Waals surface area contributed by atoms with E-state index in [1.54, 1.807) is 10.9 Å². The Kier molecular flexibility index (Phi) is 3.91. The second-order valence-corrected chi connectivity index (χ2v) is 7.30. The Balaban J connectivity index is 1.47. The molecule has 0 saturated carbocycles. The number of amides is 1. The fourth-order valence-corrected chi connectivity index (χ4v) is 4.29. The number of rotatable bonds is 2. The first-order valence-electron chi connectivity index (χ1n) is 8.05. The summed E-state index contributed by atoms with van der Waals surface area (Å²) in [4.78, 5) is 28.9. The molecule has 0 aliphatic carbocycles. The molecule has 2 aliphatic heterocycles. The van der Waals surface area contributed by atoms with Crippen LogP contribution in [0, 0.1) is 11.2 Å². The summed E-state index contributed by atoms with van der Waals surface area (Å²) < 4.78 is 13.0. The molecule has 126 valence electrons. The molecule has 0 bridgehead atoms. The molecule has 8 heteroatoms. The molecule has 4 heterocycles. The van der Waals surface area contributed by atoms with E-state index in [1.165, 1.54) is 23.7 Å². The van der Waals surface area contributed by atoms with E-state index in [4.69, 9.17) is 0 Å². The molecule has 24 heavy (non-hydrogen) atoms. The second-order valence-electron chi connectivity index (χ2n) is 6.58. The maximum absolute atomic E-state index is 13.0. The number of anilines is 1. The Morgan fingerprint density at radius 2 is 2.00 bits per heavy atom. The Labute approximate surface area is 143 Å². The predicted octanol–water partition coefficient (Wildman–Crippen LogP) is 2.20. The smallest absolute Gasteiger partial charge is 0.273 e. The quantitative estimate of drug-likeness (QED) is 0.833. The molecular formula is C16H18FN5OS. The zero-order chi connectivity index (χ0) is 16.6. The van der Waals surface area contributed by atoms with Crippen molar-refractivity contribution in [1.29, 1.82) is 0 Å². The Morgan fingerprint density at radius 1 is 1.17 bits per heavy atom. The zero-order valence-corrected chi connectivity index (χ0v) is 14.0. The first-order chi connectivity index (χ1) is 11.7. The lowest BCUT2D eigenvalue weighted by atomic mass is 9.79. The first kappa shape index (κ1) is 15.4. The Hall–Kier alpha value is -2.09. The van der Waals surface area contributed by atoms with Gasteiger partial charge < -0.3 is 9.80 Å². The maximum Gasteiger partial charge on any atom is 0.273 e. The van der Waals surface area contributed by atoms with E-state index in [0.717, 1.165) is 45.4 Å². The zero-order valence-electron chi connectivity index (χ0n) is 13.2. The van der Waals surface area contributed by atoms with Crippen molar-refractivity contribution in [1.82, 2.24) is 19.9 Å². The van der Waals surface area contributed by atoms with Gasteiger partial charge in [0.2, 0.25) is 5.95 Å². The molecule has 1 spiro atoms. The highest BCUT2D eigenvalue weighted by Crippen LogP contribution is 2.40. The van der Waals surface area contributed by atoms with Crippen LogP contribution in [0.4, 0.5) is 10.3 Å². The lowest BCUT2D eigenvalue weighted by molar-refractivity contribution is 0.0551. The monoisotopic (exact) mass is 347 g/mol. The van der Waals surface area contributed by atoms with E-state index in [0.29, 0.717) is 11.6 Å². The molecule has 0 radical (unpaired) electrons. The number of aromatic nitrogens is 3. The fourth-order valence-electron chi connectivity index (χ4n) is 3.77. The van der Waals surface area contributed by atoms with Crippen molar-refractivity contribution in [2.45, 2.75) is 19.3 Å². The molecule has 1 atom stereocenters. The minimum Gasteiger partial charge on any atom is -0.340 e. The molecule has 0 aromatic carbocycles. The summed E-state index contributed by atoms with van der Waals surface area (Å²) in [6.45, 7) is 3.16. The van der Waals surface area contributed by atoms with Crippen LogP contribution in [0.5, 0.6) is 0 Å². The largest absolute Gasteiger partial charge is 0.340 e. The number of halogens is 1. The van der Waals surface area contributed by atoms with Crippen LogP contribution in [0.1, 0.15) is 29.8 Å². The summed E-state index contributed by atoms with van der Waals surface area (Å²) >= 11 is 1.44. The van der Waals surface area contributed by atoms with Gasteiger partial charge in [-0.1, -0.05) is 0 Å². The minimum atomic E-state index is -0.426. The number of piperidine rings is 1. The van der Waals surface area contributed by atoms with Crippen molar-refractivity contribution in [2.24, 2.45) is 5.41 Å². The van der Waals surface area contributed by atoms with Gasteiger partial charge in [0.1, 0.15) is 5.69 Å². The van der Waals surface area contributed by atoms with Gasteiger partial charge in [-0.25, -0.2) is 19.3 Å². The average molecular weight is 347 g/mol. The average Bonchev–Trinajstić information content (AvgIpc) is 3.26. The molecule has 0 N–H and O–H groups in total. The molecule has 2 aromatic rings. The van der Waals surface area contributed by atoms with Crippen LogP contribution in [-0.2, 0) is 0 Å². The summed E-state index contributed by atoms with van der Waals surface area (Å²) in [7, 11) is 0. The lowest BCUT2D eigenvalue weighted by Gasteiger charge is -2.40. The molecular weight excluding hydrogens is 329 g/mol. The number of carbonyl (C=O) groups is 1. The Bertz CT molecular complexity index is 723. The third-order valence-electron chi connectivity index (χ3n) is 4.93. The summed E-state index contributed by atoms with van der Waals surface area (Å²) in [6, 6.07) is 0. The third-order valence-corrected chi connectivity index (χ3v) is 5.51. The minimum absolute atomic E-state index is 0.0202. The molecule has 2 aliphatic rings. The van der Waals surface area contributed by atoms with Crippen molar-refractivity contribution in [3.05, 3.63) is 34.8 Å². The van der Waals surface area contributed by atoms with Crippen LogP contribution in [-0.4, -0.2) is 51.9 Å². The van der Waals surface area contributed by atoms with Crippen LogP contribution in [0.25, 0.3) is 0 Å². The topological polar surface area (TPSA) is 62.2 Å². The van der Waals surface area contributed by atoms with E-state index >= 15 is 0 Å². The van der Waals surface area contributed by atoms with E-state index in [-0.39, 0.29) is 11.3 Å². The third kappa shape index (κ3) is 2.86. The van der Waals surface area contributed by atoms with Crippen molar-refractivity contribution in [2.75, 3.05) is 31.1 Å². The van der Waals surface area contributed by atoms with Gasteiger partial charge in [0.15, 0.2) is 5.82 Å².